The summed E-state index contributed by atoms with van der Waals surface area (Å²) < 4.78 is 0. The number of rotatable bonds is 1. The van der Waals surface area contributed by atoms with Crippen LogP contribution in [-0.2, 0) is 0 Å². The van der Waals surface area contributed by atoms with Crippen molar-refractivity contribution in [3.63, 3.8) is 0 Å². The molecule has 2 fully saturated rings. The van der Waals surface area contributed by atoms with E-state index in [1.54, 1.807) is 0 Å². The molecule has 13 heavy (non-hydrogen) atoms. The minimum atomic E-state index is 0.237. The summed E-state index contributed by atoms with van der Waals surface area (Å²) in [5.41, 5.74) is 0. The first-order chi connectivity index (χ1) is 6.22. The van der Waals surface area contributed by atoms with Gasteiger partial charge in [0.05, 0.1) is 6.04 Å². The molecule has 4 nitrogen and oxygen atoms in total. The van der Waals surface area contributed by atoms with Crippen LogP contribution < -0.4 is 0 Å². The molecule has 74 valence electrons. The highest BCUT2D eigenvalue weighted by atomic mass is 16.2. The van der Waals surface area contributed by atoms with Gasteiger partial charge in [-0.2, -0.15) is 0 Å². The molecular formula is C9H17N3O. The minimum absolute atomic E-state index is 0.237. The third-order valence-electron chi connectivity index (χ3n) is 3.01. The van der Waals surface area contributed by atoms with Crippen molar-refractivity contribution in [2.45, 2.75) is 13.0 Å². The van der Waals surface area contributed by atoms with Gasteiger partial charge in [0.15, 0.2) is 0 Å². The van der Waals surface area contributed by atoms with Gasteiger partial charge in [-0.25, -0.2) is 4.79 Å². The van der Waals surface area contributed by atoms with Crippen molar-refractivity contribution in [1.82, 2.24) is 14.7 Å². The van der Waals surface area contributed by atoms with E-state index in [1.807, 2.05) is 16.7 Å². The topological polar surface area (TPSA) is 26.8 Å². The number of amides is 2. The lowest BCUT2D eigenvalue weighted by molar-refractivity contribution is 0.138. The van der Waals surface area contributed by atoms with Crippen LogP contribution in [-0.4, -0.2) is 66.5 Å². The number of hydrogen-bond acceptors (Lipinski definition) is 2. The maximum absolute atomic E-state index is 11.7. The molecule has 0 aliphatic carbocycles. The molecule has 2 saturated heterocycles. The molecule has 0 saturated carbocycles. The predicted molar refractivity (Wildman–Crippen MR) is 50.6 cm³/mol. The number of carbonyl (C=O) groups excluding carboxylic acids is 1. The molecule has 0 spiro atoms. The van der Waals surface area contributed by atoms with Crippen LogP contribution in [0.5, 0.6) is 0 Å². The lowest BCUT2D eigenvalue weighted by atomic mass is 10.2. The monoisotopic (exact) mass is 183 g/mol. The largest absolute Gasteiger partial charge is 0.323 e. The lowest BCUT2D eigenvalue weighted by Gasteiger charge is -2.33. The van der Waals surface area contributed by atoms with Gasteiger partial charge < -0.3 is 14.7 Å². The Morgan fingerprint density at radius 2 is 2.15 bits per heavy atom. The maximum atomic E-state index is 11.7. The zero-order chi connectivity index (χ0) is 9.42. The number of likely N-dealkylation sites (N-methyl/N-ethyl adjacent to an activating group) is 2. The summed E-state index contributed by atoms with van der Waals surface area (Å²) in [6.45, 7) is 6.74. The fraction of sp³-hybridized carbons (Fsp3) is 0.889. The molecule has 0 aromatic rings. The Morgan fingerprint density at radius 1 is 1.38 bits per heavy atom. The number of urea groups is 1. The van der Waals surface area contributed by atoms with Crippen molar-refractivity contribution in [1.29, 1.82) is 0 Å². The smallest absolute Gasteiger partial charge is 0.320 e. The van der Waals surface area contributed by atoms with Gasteiger partial charge in [-0.3, -0.25) is 0 Å². The number of nitrogens with zero attached hydrogens (tertiary/aromatic N) is 3. The van der Waals surface area contributed by atoms with E-state index in [0.717, 1.165) is 32.7 Å². The van der Waals surface area contributed by atoms with Crippen LogP contribution in [0, 0.1) is 0 Å². The first kappa shape index (κ1) is 8.81. The predicted octanol–water partition coefficient (Wildman–Crippen LogP) is 0.0579. The van der Waals surface area contributed by atoms with E-state index in [1.165, 1.54) is 0 Å². The van der Waals surface area contributed by atoms with E-state index in [2.05, 4.69) is 11.9 Å². The van der Waals surface area contributed by atoms with E-state index in [-0.39, 0.29) is 6.03 Å². The first-order valence-electron chi connectivity index (χ1n) is 4.96. The van der Waals surface area contributed by atoms with Crippen molar-refractivity contribution >= 4 is 6.03 Å². The Hall–Kier alpha value is -0.770. The minimum Gasteiger partial charge on any atom is -0.323 e. The Labute approximate surface area is 79.1 Å². The average Bonchev–Trinajstić information content (AvgIpc) is 2.42. The van der Waals surface area contributed by atoms with Gasteiger partial charge in [-0.1, -0.05) is 0 Å². The molecule has 4 heteroatoms. The summed E-state index contributed by atoms with van der Waals surface area (Å²) in [6.07, 6.45) is 0. The summed E-state index contributed by atoms with van der Waals surface area (Å²) in [6, 6.07) is 0.673. The molecule has 0 bridgehead atoms. The Kier molecular flexibility index (Phi) is 2.15. The Balaban J connectivity index is 2.07. The van der Waals surface area contributed by atoms with Crippen molar-refractivity contribution in [2.24, 2.45) is 0 Å². The molecule has 1 atom stereocenters. The molecular weight excluding hydrogens is 166 g/mol. The lowest BCUT2D eigenvalue weighted by Crippen LogP contribution is -2.50. The van der Waals surface area contributed by atoms with Gasteiger partial charge >= 0.3 is 6.03 Å². The molecule has 0 N–H and O–H groups in total. The molecule has 0 unspecified atom stereocenters. The molecule has 2 aliphatic heterocycles. The van der Waals surface area contributed by atoms with E-state index in [9.17, 15) is 4.79 Å². The maximum Gasteiger partial charge on any atom is 0.320 e. The summed E-state index contributed by atoms with van der Waals surface area (Å²) in [5.74, 6) is 0. The molecule has 2 aliphatic rings. The number of piperazine rings is 1. The summed E-state index contributed by atoms with van der Waals surface area (Å²) in [7, 11) is 2.12. The van der Waals surface area contributed by atoms with Gasteiger partial charge in [-0.15, -0.1) is 0 Å². The summed E-state index contributed by atoms with van der Waals surface area (Å²) >= 11 is 0. The van der Waals surface area contributed by atoms with Gasteiger partial charge in [0, 0.05) is 32.7 Å². The molecule has 2 heterocycles. The molecule has 0 radical (unpaired) electrons. The second kappa shape index (κ2) is 3.18. The second-order valence-electron chi connectivity index (χ2n) is 3.93. The first-order valence-corrected chi connectivity index (χ1v) is 4.96. The highest BCUT2D eigenvalue weighted by molar-refractivity contribution is 5.77. The summed E-state index contributed by atoms with van der Waals surface area (Å²) in [4.78, 5) is 18.0. The van der Waals surface area contributed by atoms with Crippen LogP contribution in [0.25, 0.3) is 0 Å². The third kappa shape index (κ3) is 1.39. The van der Waals surface area contributed by atoms with Crippen molar-refractivity contribution in [3.8, 4) is 0 Å². The quantitative estimate of drug-likeness (QED) is 0.574. The van der Waals surface area contributed by atoms with Crippen LogP contribution in [0.4, 0.5) is 4.79 Å². The SMILES string of the molecule is CCN1C[C@@H]2CN(C)CCN2C1=O. The highest BCUT2D eigenvalue weighted by Gasteiger charge is 2.38. The number of fused-ring (bicyclic) bond motifs is 1. The second-order valence-corrected chi connectivity index (χ2v) is 3.93. The van der Waals surface area contributed by atoms with Crippen molar-refractivity contribution in [3.05, 3.63) is 0 Å². The van der Waals surface area contributed by atoms with Gasteiger partial charge in [-0.05, 0) is 14.0 Å². The van der Waals surface area contributed by atoms with E-state index in [4.69, 9.17) is 0 Å². The molecule has 0 aromatic carbocycles. The highest BCUT2D eigenvalue weighted by Crippen LogP contribution is 2.19. The van der Waals surface area contributed by atoms with Crippen LogP contribution in [0.2, 0.25) is 0 Å². The fourth-order valence-electron chi connectivity index (χ4n) is 2.20. The van der Waals surface area contributed by atoms with Crippen molar-refractivity contribution in [2.75, 3.05) is 39.8 Å². The number of hydrogen-bond donors (Lipinski definition) is 0. The third-order valence-corrected chi connectivity index (χ3v) is 3.01. The van der Waals surface area contributed by atoms with Gasteiger partial charge in [0.2, 0.25) is 0 Å². The van der Waals surface area contributed by atoms with Gasteiger partial charge in [0.1, 0.15) is 0 Å². The van der Waals surface area contributed by atoms with Gasteiger partial charge in [0.25, 0.3) is 0 Å². The number of carbonyl (C=O) groups is 1. The van der Waals surface area contributed by atoms with E-state index in [0.29, 0.717) is 6.04 Å². The fourth-order valence-corrected chi connectivity index (χ4v) is 2.20. The van der Waals surface area contributed by atoms with Crippen LogP contribution in [0.15, 0.2) is 0 Å². The molecule has 2 amide bonds. The van der Waals surface area contributed by atoms with E-state index < -0.39 is 0 Å². The standard InChI is InChI=1S/C9H17N3O/c1-3-11-7-8-6-10(2)4-5-12(8)9(11)13/h8H,3-7H2,1-2H3/t8-/m0/s1. The molecule has 0 aromatic heterocycles. The average molecular weight is 183 g/mol. The van der Waals surface area contributed by atoms with Crippen LogP contribution in [0.3, 0.4) is 0 Å². The summed E-state index contributed by atoms with van der Waals surface area (Å²) in [5, 5.41) is 0. The van der Waals surface area contributed by atoms with E-state index >= 15 is 0 Å². The Bertz CT molecular complexity index is 219. The van der Waals surface area contributed by atoms with Crippen LogP contribution in [0.1, 0.15) is 6.92 Å². The Morgan fingerprint density at radius 3 is 2.85 bits per heavy atom. The van der Waals surface area contributed by atoms with Crippen LogP contribution >= 0.6 is 0 Å². The van der Waals surface area contributed by atoms with Crippen molar-refractivity contribution < 1.29 is 4.79 Å². The zero-order valence-electron chi connectivity index (χ0n) is 8.36. The normalized spacial score (nSPS) is 29.7. The zero-order valence-corrected chi connectivity index (χ0v) is 8.36. The molecule has 2 rings (SSSR count).